The number of anilines is 1. The Hall–Kier alpha value is -2.31. The highest BCUT2D eigenvalue weighted by Crippen LogP contribution is 2.45. The molecule has 2 aliphatic rings. The van der Waals surface area contributed by atoms with Crippen LogP contribution in [0.25, 0.3) is 0 Å². The molecule has 5 nitrogen and oxygen atoms in total. The van der Waals surface area contributed by atoms with E-state index in [9.17, 15) is 9.90 Å². The SMILES string of the molecule is Cc1cccc(N=C2N=C(SCC(=O)O)N(c3cccc(Cl)c3)C23CCCCC3)c1. The summed E-state index contributed by atoms with van der Waals surface area (Å²) in [5, 5.41) is 10.6. The molecule has 0 unspecified atom stereocenters. The lowest BCUT2D eigenvalue weighted by Gasteiger charge is -2.42. The first-order valence-electron chi connectivity index (χ1n) is 10.1. The maximum atomic E-state index is 11.3. The van der Waals surface area contributed by atoms with Crippen molar-refractivity contribution in [2.75, 3.05) is 10.7 Å². The fourth-order valence-corrected chi connectivity index (χ4v) is 5.25. The van der Waals surface area contributed by atoms with Gasteiger partial charge in [-0.15, -0.1) is 0 Å². The van der Waals surface area contributed by atoms with Gasteiger partial charge in [0.25, 0.3) is 0 Å². The van der Waals surface area contributed by atoms with Crippen LogP contribution in [0.4, 0.5) is 11.4 Å². The molecular formula is C23H24ClN3O2S. The summed E-state index contributed by atoms with van der Waals surface area (Å²) in [7, 11) is 0. The Morgan fingerprint density at radius 1 is 1.20 bits per heavy atom. The van der Waals surface area contributed by atoms with E-state index in [-0.39, 0.29) is 11.3 Å². The summed E-state index contributed by atoms with van der Waals surface area (Å²) in [6, 6.07) is 15.8. The monoisotopic (exact) mass is 441 g/mol. The van der Waals surface area contributed by atoms with Crippen molar-refractivity contribution in [3.05, 3.63) is 59.1 Å². The third-order valence-electron chi connectivity index (χ3n) is 5.55. The van der Waals surface area contributed by atoms with E-state index >= 15 is 0 Å². The number of hydrogen-bond acceptors (Lipinski definition) is 4. The predicted octanol–water partition coefficient (Wildman–Crippen LogP) is 6.08. The van der Waals surface area contributed by atoms with Crippen LogP contribution in [-0.4, -0.2) is 33.4 Å². The van der Waals surface area contributed by atoms with Crippen LogP contribution in [0.2, 0.25) is 5.02 Å². The Bertz CT molecular complexity index is 1020. The molecule has 2 aromatic rings. The second-order valence-electron chi connectivity index (χ2n) is 7.76. The van der Waals surface area contributed by atoms with Gasteiger partial charge in [0.2, 0.25) is 0 Å². The van der Waals surface area contributed by atoms with Gasteiger partial charge in [0.15, 0.2) is 11.0 Å². The summed E-state index contributed by atoms with van der Waals surface area (Å²) in [4.78, 5) is 23.3. The Morgan fingerprint density at radius 2 is 1.97 bits per heavy atom. The highest BCUT2D eigenvalue weighted by molar-refractivity contribution is 8.14. The fourth-order valence-electron chi connectivity index (χ4n) is 4.26. The number of carbonyl (C=O) groups is 1. The Labute approximate surface area is 185 Å². The van der Waals surface area contributed by atoms with Gasteiger partial charge in [-0.3, -0.25) is 4.79 Å². The third kappa shape index (κ3) is 4.25. The summed E-state index contributed by atoms with van der Waals surface area (Å²) < 4.78 is 0. The Balaban J connectivity index is 1.84. The number of amidine groups is 2. The largest absolute Gasteiger partial charge is 0.481 e. The normalized spacial score (nSPS) is 19.3. The van der Waals surface area contributed by atoms with E-state index in [4.69, 9.17) is 21.6 Å². The van der Waals surface area contributed by atoms with E-state index in [0.717, 1.165) is 48.5 Å². The molecule has 1 heterocycles. The number of carboxylic acids is 1. The van der Waals surface area contributed by atoms with Crippen LogP contribution < -0.4 is 4.90 Å². The molecule has 4 rings (SSSR count). The molecule has 7 heteroatoms. The number of nitrogens with zero attached hydrogens (tertiary/aromatic N) is 3. The van der Waals surface area contributed by atoms with Crippen molar-refractivity contribution in [1.29, 1.82) is 0 Å². The van der Waals surface area contributed by atoms with Crippen molar-refractivity contribution in [3.63, 3.8) is 0 Å². The molecule has 30 heavy (non-hydrogen) atoms. The number of benzene rings is 2. The van der Waals surface area contributed by atoms with Gasteiger partial charge >= 0.3 is 5.97 Å². The van der Waals surface area contributed by atoms with E-state index < -0.39 is 5.97 Å². The first-order chi connectivity index (χ1) is 14.5. The van der Waals surface area contributed by atoms with Crippen LogP contribution in [0.5, 0.6) is 0 Å². The van der Waals surface area contributed by atoms with Crippen LogP contribution >= 0.6 is 23.4 Å². The maximum Gasteiger partial charge on any atom is 0.313 e. The number of hydrogen-bond donors (Lipinski definition) is 1. The predicted molar refractivity (Wildman–Crippen MR) is 126 cm³/mol. The smallest absolute Gasteiger partial charge is 0.313 e. The highest BCUT2D eigenvalue weighted by Gasteiger charge is 2.49. The first kappa shape index (κ1) is 20.9. The number of aliphatic carboxylic acids is 1. The van der Waals surface area contributed by atoms with Gasteiger partial charge in [-0.1, -0.05) is 60.8 Å². The van der Waals surface area contributed by atoms with Gasteiger partial charge in [-0.05, 0) is 55.7 Å². The highest BCUT2D eigenvalue weighted by atomic mass is 35.5. The van der Waals surface area contributed by atoms with Gasteiger partial charge in [0.05, 0.1) is 11.4 Å². The van der Waals surface area contributed by atoms with E-state index in [1.807, 2.05) is 55.5 Å². The van der Waals surface area contributed by atoms with E-state index in [1.54, 1.807) is 0 Å². The molecular weight excluding hydrogens is 418 g/mol. The molecule has 0 aromatic heterocycles. The van der Waals surface area contributed by atoms with E-state index in [0.29, 0.717) is 10.2 Å². The van der Waals surface area contributed by atoms with Crippen molar-refractivity contribution in [2.24, 2.45) is 9.98 Å². The second-order valence-corrected chi connectivity index (χ2v) is 9.14. The van der Waals surface area contributed by atoms with Crippen molar-refractivity contribution in [1.82, 2.24) is 0 Å². The average molecular weight is 442 g/mol. The third-order valence-corrected chi connectivity index (χ3v) is 6.70. The van der Waals surface area contributed by atoms with E-state index in [2.05, 4.69) is 4.90 Å². The van der Waals surface area contributed by atoms with Gasteiger partial charge < -0.3 is 10.0 Å². The number of thioether (sulfide) groups is 1. The lowest BCUT2D eigenvalue weighted by molar-refractivity contribution is -0.133. The molecule has 0 saturated heterocycles. The van der Waals surface area contributed by atoms with Gasteiger partial charge in [0, 0.05) is 10.7 Å². The van der Waals surface area contributed by atoms with Crippen molar-refractivity contribution in [2.45, 2.75) is 44.6 Å². The van der Waals surface area contributed by atoms with Gasteiger partial charge in [-0.2, -0.15) is 0 Å². The topological polar surface area (TPSA) is 65.3 Å². The standard InChI is InChI=1S/C23H24ClN3O2S/c1-16-7-5-9-18(13-16)25-21-23(11-3-2-4-12-23)27(19-10-6-8-17(24)14-19)22(26-21)30-15-20(28)29/h5-10,13-14H,2-4,11-12,15H2,1H3,(H,28,29). The van der Waals surface area contributed by atoms with Crippen LogP contribution in [-0.2, 0) is 4.79 Å². The molecule has 156 valence electrons. The van der Waals surface area contributed by atoms with Crippen molar-refractivity contribution in [3.8, 4) is 0 Å². The number of aryl methyl sites for hydroxylation is 1. The summed E-state index contributed by atoms with van der Waals surface area (Å²) in [5.74, 6) is -0.153. The number of aliphatic imine (C=N–C) groups is 2. The zero-order chi connectivity index (χ0) is 21.1. The molecule has 2 aromatic carbocycles. The molecule has 0 atom stereocenters. The minimum atomic E-state index is -0.865. The maximum absolute atomic E-state index is 11.3. The van der Waals surface area contributed by atoms with Crippen molar-refractivity contribution >= 4 is 51.7 Å². The quantitative estimate of drug-likeness (QED) is 0.624. The number of carboxylic acid groups (broad SMARTS) is 1. The Kier molecular flexibility index (Phi) is 6.16. The average Bonchev–Trinajstić information content (AvgIpc) is 2.99. The minimum absolute atomic E-state index is 0.0519. The van der Waals surface area contributed by atoms with Crippen LogP contribution in [0.1, 0.15) is 37.7 Å². The molecule has 1 aliphatic carbocycles. The van der Waals surface area contributed by atoms with Crippen LogP contribution in [0, 0.1) is 6.92 Å². The Morgan fingerprint density at radius 3 is 2.67 bits per heavy atom. The first-order valence-corrected chi connectivity index (χ1v) is 11.5. The zero-order valence-corrected chi connectivity index (χ0v) is 18.4. The number of rotatable bonds is 4. The summed E-state index contributed by atoms with van der Waals surface area (Å²) >= 11 is 7.55. The molecule has 1 N–H and O–H groups in total. The lowest BCUT2D eigenvalue weighted by Crippen LogP contribution is -2.52. The molecule has 0 amide bonds. The summed E-state index contributed by atoms with van der Waals surface area (Å²) in [6.07, 6.45) is 5.18. The lowest BCUT2D eigenvalue weighted by atomic mass is 9.79. The summed E-state index contributed by atoms with van der Waals surface area (Å²) in [6.45, 7) is 2.05. The minimum Gasteiger partial charge on any atom is -0.481 e. The molecule has 0 radical (unpaired) electrons. The van der Waals surface area contributed by atoms with Crippen LogP contribution in [0.3, 0.4) is 0 Å². The van der Waals surface area contributed by atoms with Crippen LogP contribution in [0.15, 0.2) is 58.5 Å². The summed E-state index contributed by atoms with van der Waals surface area (Å²) in [5.41, 5.74) is 2.56. The van der Waals surface area contributed by atoms with E-state index in [1.165, 1.54) is 18.2 Å². The molecule has 1 aliphatic heterocycles. The zero-order valence-electron chi connectivity index (χ0n) is 16.8. The van der Waals surface area contributed by atoms with Crippen molar-refractivity contribution < 1.29 is 9.90 Å². The van der Waals surface area contributed by atoms with Gasteiger partial charge in [0.1, 0.15) is 5.54 Å². The number of halogens is 1. The molecule has 1 spiro atoms. The molecule has 0 bridgehead atoms. The van der Waals surface area contributed by atoms with Gasteiger partial charge in [-0.25, -0.2) is 9.98 Å². The molecule has 1 saturated carbocycles. The second kappa shape index (κ2) is 8.82. The molecule has 1 fully saturated rings. The fraction of sp³-hybridized carbons (Fsp3) is 0.348.